The fraction of sp³-hybridized carbons (Fsp3) is 0.222. The minimum atomic E-state index is -1.75. The second-order valence-electron chi connectivity index (χ2n) is 5.55. The number of methoxy groups -OCH3 is 1. The van der Waals surface area contributed by atoms with Crippen LogP contribution >= 0.6 is 63.0 Å². The fourth-order valence-electron chi connectivity index (χ4n) is 2.07. The minimum Gasteiger partial charge on any atom is -0.481 e. The molecule has 1 unspecified atom stereocenters. The summed E-state index contributed by atoms with van der Waals surface area (Å²) < 4.78 is 4.59. The summed E-state index contributed by atoms with van der Waals surface area (Å²) in [6, 6.07) is 15.1. The van der Waals surface area contributed by atoms with Gasteiger partial charge in [-0.15, -0.1) is 0 Å². The molecule has 2 aromatic rings. The van der Waals surface area contributed by atoms with Crippen molar-refractivity contribution in [3.8, 4) is 0 Å². The van der Waals surface area contributed by atoms with E-state index in [0.717, 1.165) is 21.3 Å². The maximum absolute atomic E-state index is 6.09. The second-order valence-corrected chi connectivity index (χ2v) is 9.25. The van der Waals surface area contributed by atoms with Crippen molar-refractivity contribution >= 4 is 79.6 Å². The molecule has 2 N–H and O–H groups in total. The lowest BCUT2D eigenvalue weighted by Crippen LogP contribution is -2.45. The molecule has 0 aliphatic heterocycles. The van der Waals surface area contributed by atoms with Crippen LogP contribution in [0.15, 0.2) is 58.0 Å². The average molecular weight is 510 g/mol. The number of nitrogens with zero attached hydrogens (tertiary/aromatic N) is 1. The lowest BCUT2D eigenvalue weighted by Gasteiger charge is -2.24. The van der Waals surface area contributed by atoms with Gasteiger partial charge in [0.2, 0.25) is 9.69 Å². The van der Waals surface area contributed by atoms with Crippen LogP contribution in [0.2, 0.25) is 0 Å². The van der Waals surface area contributed by atoms with Crippen molar-refractivity contribution in [1.29, 1.82) is 0 Å². The van der Waals surface area contributed by atoms with Gasteiger partial charge in [0.05, 0.1) is 7.11 Å². The number of nitrogens with one attached hydrogen (secondary N) is 2. The molecular weight excluding hydrogens is 493 g/mol. The third-order valence-electron chi connectivity index (χ3n) is 3.42. The van der Waals surface area contributed by atoms with Crippen molar-refractivity contribution in [3.05, 3.63) is 64.1 Å². The first-order valence-electron chi connectivity index (χ1n) is 7.77. The van der Waals surface area contributed by atoms with E-state index in [9.17, 15) is 0 Å². The zero-order valence-electron chi connectivity index (χ0n) is 14.5. The molecule has 0 aliphatic carbocycles. The van der Waals surface area contributed by atoms with E-state index in [1.165, 1.54) is 7.11 Å². The number of hydrogen-bond donors (Lipinski definition) is 2. The number of ether oxygens (including phenoxy) is 1. The number of aliphatic imine (C=N–C) groups is 1. The summed E-state index contributed by atoms with van der Waals surface area (Å²) in [7, 11) is 1.51. The number of rotatable bonds is 4. The molecule has 0 heterocycles. The molecule has 2 rings (SSSR count). The van der Waals surface area contributed by atoms with Crippen molar-refractivity contribution in [2.45, 2.75) is 16.9 Å². The molecular formula is C18H17BrCl3N3OS. The van der Waals surface area contributed by atoms with Crippen LogP contribution in [-0.2, 0) is 4.74 Å². The third kappa shape index (κ3) is 7.12. The van der Waals surface area contributed by atoms with Gasteiger partial charge in [-0.1, -0.05) is 68.4 Å². The van der Waals surface area contributed by atoms with Crippen LogP contribution in [0.3, 0.4) is 0 Å². The summed E-state index contributed by atoms with van der Waals surface area (Å²) in [5.74, 6) is 0.324. The highest BCUT2D eigenvalue weighted by Gasteiger charge is 2.34. The maximum Gasteiger partial charge on any atom is 0.230 e. The van der Waals surface area contributed by atoms with Gasteiger partial charge in [0, 0.05) is 15.7 Å². The molecule has 0 radical (unpaired) electrons. The van der Waals surface area contributed by atoms with E-state index >= 15 is 0 Å². The Labute approximate surface area is 187 Å². The van der Waals surface area contributed by atoms with E-state index in [1.807, 2.05) is 55.5 Å². The molecule has 27 heavy (non-hydrogen) atoms. The van der Waals surface area contributed by atoms with Crippen LogP contribution in [0.4, 0.5) is 5.69 Å². The molecule has 0 spiro atoms. The van der Waals surface area contributed by atoms with Crippen LogP contribution in [0.1, 0.15) is 11.1 Å². The molecule has 2 aromatic carbocycles. The normalized spacial score (nSPS) is 13.0. The number of benzene rings is 2. The van der Waals surface area contributed by atoms with E-state index in [-0.39, 0.29) is 5.11 Å². The lowest BCUT2D eigenvalue weighted by atomic mass is 10.1. The number of thiocarbonyl (C=S) groups is 1. The summed E-state index contributed by atoms with van der Waals surface area (Å²) in [6.45, 7) is 1.99. The zero-order chi connectivity index (χ0) is 20.0. The number of halogens is 4. The number of aryl methyl sites for hydroxylation is 1. The largest absolute Gasteiger partial charge is 0.481 e. The highest BCUT2D eigenvalue weighted by atomic mass is 79.9. The first-order chi connectivity index (χ1) is 12.7. The molecule has 0 aliphatic rings. The van der Waals surface area contributed by atoms with E-state index < -0.39 is 9.96 Å². The molecule has 0 bridgehead atoms. The minimum absolute atomic E-state index is 0.261. The molecule has 0 saturated carbocycles. The predicted octanol–water partition coefficient (Wildman–Crippen LogP) is 5.83. The highest BCUT2D eigenvalue weighted by molar-refractivity contribution is 9.10. The summed E-state index contributed by atoms with van der Waals surface area (Å²) >= 11 is 27.0. The van der Waals surface area contributed by atoms with Crippen LogP contribution in [0.5, 0.6) is 0 Å². The summed E-state index contributed by atoms with van der Waals surface area (Å²) in [6.07, 6.45) is -0.964. The number of alkyl halides is 3. The molecule has 144 valence electrons. The van der Waals surface area contributed by atoms with Crippen LogP contribution in [-0.4, -0.2) is 28.1 Å². The standard InChI is InChI=1S/C18H17BrCl3N3OS/c1-11-3-5-12(6-4-11)15(26-2)24-16(18(20,21)22)25-17(27)23-14-9-7-13(19)8-10-14/h3-10,16H,1-2H3,(H2,23,25,27). The Morgan fingerprint density at radius 2 is 1.70 bits per heavy atom. The average Bonchev–Trinajstić information content (AvgIpc) is 2.60. The molecule has 0 fully saturated rings. The van der Waals surface area contributed by atoms with Crippen molar-refractivity contribution in [2.75, 3.05) is 12.4 Å². The second kappa shape index (κ2) is 9.94. The number of hydrogen-bond acceptors (Lipinski definition) is 3. The first-order valence-corrected chi connectivity index (χ1v) is 10.1. The van der Waals surface area contributed by atoms with Gasteiger partial charge in [-0.25, -0.2) is 4.99 Å². The molecule has 1 atom stereocenters. The van der Waals surface area contributed by atoms with Crippen molar-refractivity contribution in [1.82, 2.24) is 5.32 Å². The first kappa shape index (κ1) is 22.2. The Hall–Kier alpha value is -1.05. The molecule has 0 aromatic heterocycles. The van der Waals surface area contributed by atoms with E-state index in [4.69, 9.17) is 51.8 Å². The Morgan fingerprint density at radius 3 is 2.22 bits per heavy atom. The third-order valence-corrected chi connectivity index (χ3v) is 4.79. The van der Waals surface area contributed by atoms with Crippen LogP contribution < -0.4 is 10.6 Å². The maximum atomic E-state index is 6.09. The van der Waals surface area contributed by atoms with Gasteiger partial charge in [0.25, 0.3) is 0 Å². The summed E-state index contributed by atoms with van der Waals surface area (Å²) in [5, 5.41) is 6.20. The fourth-order valence-corrected chi connectivity index (χ4v) is 2.87. The van der Waals surface area contributed by atoms with Crippen molar-refractivity contribution in [3.63, 3.8) is 0 Å². The zero-order valence-corrected chi connectivity index (χ0v) is 19.1. The number of anilines is 1. The van der Waals surface area contributed by atoms with Gasteiger partial charge in [-0.05, 0) is 55.5 Å². The SMILES string of the molecule is COC(=NC(NC(=S)Nc1ccc(Br)cc1)C(Cl)(Cl)Cl)c1ccc(C)cc1. The van der Waals surface area contributed by atoms with Gasteiger partial charge in [0.1, 0.15) is 0 Å². The van der Waals surface area contributed by atoms with Crippen LogP contribution in [0, 0.1) is 6.92 Å². The Balaban J connectivity index is 2.19. The Kier molecular flexibility index (Phi) is 8.19. The molecule has 0 amide bonds. The van der Waals surface area contributed by atoms with Gasteiger partial charge in [-0.2, -0.15) is 0 Å². The van der Waals surface area contributed by atoms with E-state index in [1.54, 1.807) is 0 Å². The topological polar surface area (TPSA) is 45.6 Å². The quantitative estimate of drug-likeness (QED) is 0.236. The van der Waals surface area contributed by atoms with Gasteiger partial charge in [0.15, 0.2) is 11.3 Å². The predicted molar refractivity (Wildman–Crippen MR) is 122 cm³/mol. The Morgan fingerprint density at radius 1 is 1.11 bits per heavy atom. The van der Waals surface area contributed by atoms with Crippen molar-refractivity contribution in [2.24, 2.45) is 4.99 Å². The van der Waals surface area contributed by atoms with Gasteiger partial charge in [-0.3, -0.25) is 0 Å². The van der Waals surface area contributed by atoms with E-state index in [0.29, 0.717) is 5.90 Å². The molecule has 4 nitrogen and oxygen atoms in total. The van der Waals surface area contributed by atoms with Gasteiger partial charge >= 0.3 is 0 Å². The monoisotopic (exact) mass is 507 g/mol. The smallest absolute Gasteiger partial charge is 0.230 e. The van der Waals surface area contributed by atoms with Crippen LogP contribution in [0.25, 0.3) is 0 Å². The van der Waals surface area contributed by atoms with Crippen molar-refractivity contribution < 1.29 is 4.74 Å². The lowest BCUT2D eigenvalue weighted by molar-refractivity contribution is 0.397. The molecule has 9 heteroatoms. The summed E-state index contributed by atoms with van der Waals surface area (Å²) in [4.78, 5) is 4.41. The van der Waals surface area contributed by atoms with Gasteiger partial charge < -0.3 is 15.4 Å². The summed E-state index contributed by atoms with van der Waals surface area (Å²) in [5.41, 5.74) is 2.66. The van der Waals surface area contributed by atoms with E-state index in [2.05, 4.69) is 31.6 Å². The highest BCUT2D eigenvalue weighted by Crippen LogP contribution is 2.31. The molecule has 0 saturated heterocycles. The Bertz CT molecular complexity index is 808.